The van der Waals surface area contributed by atoms with Gasteiger partial charge in [-0.3, -0.25) is 9.58 Å². The fraction of sp³-hybridized carbons (Fsp3) is 0.400. The fourth-order valence-corrected chi connectivity index (χ4v) is 8.11. The van der Waals surface area contributed by atoms with E-state index in [0.717, 1.165) is 27.6 Å². The van der Waals surface area contributed by atoms with Crippen molar-refractivity contribution in [1.82, 2.24) is 18.7 Å². The molecule has 0 spiro atoms. The van der Waals surface area contributed by atoms with E-state index in [-0.39, 0.29) is 29.2 Å². The smallest absolute Gasteiger partial charge is 0.411 e. The predicted octanol–water partition coefficient (Wildman–Crippen LogP) is 7.17. The Morgan fingerprint density at radius 2 is 1.62 bits per heavy atom. The molecule has 0 unspecified atom stereocenters. The summed E-state index contributed by atoms with van der Waals surface area (Å²) in [5.74, 6) is -0.332. The minimum absolute atomic E-state index is 0.0316. The summed E-state index contributed by atoms with van der Waals surface area (Å²) in [5, 5.41) is 16.5. The Morgan fingerprint density at radius 3 is 2.26 bits per heavy atom. The number of nitriles is 1. The maximum absolute atomic E-state index is 13.8. The first-order valence-electron chi connectivity index (χ1n) is 17.5. The predicted molar refractivity (Wildman–Crippen MR) is 200 cm³/mol. The van der Waals surface area contributed by atoms with E-state index in [1.165, 1.54) is 8.87 Å². The number of aromatic nitrogens is 3. The third-order valence-corrected chi connectivity index (χ3v) is 10.7. The molecule has 0 bridgehead atoms. The lowest BCUT2D eigenvalue weighted by Crippen LogP contribution is -2.45. The zero-order valence-electron chi connectivity index (χ0n) is 31.6. The Balaban J connectivity index is 1.34. The van der Waals surface area contributed by atoms with Crippen LogP contribution in [0.3, 0.4) is 0 Å². The van der Waals surface area contributed by atoms with E-state index >= 15 is 0 Å². The van der Waals surface area contributed by atoms with Crippen LogP contribution in [-0.2, 0) is 30.8 Å². The average Bonchev–Trinajstić information content (AvgIpc) is 3.79. The van der Waals surface area contributed by atoms with Gasteiger partial charge < -0.3 is 14.2 Å². The van der Waals surface area contributed by atoms with Crippen LogP contribution in [0.25, 0.3) is 21.8 Å². The third-order valence-electron chi connectivity index (χ3n) is 9.01. The highest BCUT2D eigenvalue weighted by Gasteiger charge is 2.45. The number of fused-ring (bicyclic) bond motifs is 2. The van der Waals surface area contributed by atoms with Crippen molar-refractivity contribution < 1.29 is 32.2 Å². The molecule has 2 atom stereocenters. The van der Waals surface area contributed by atoms with Crippen molar-refractivity contribution in [2.75, 3.05) is 6.54 Å². The molecule has 278 valence electrons. The monoisotopic (exact) mass is 739 g/mol. The minimum Gasteiger partial charge on any atom is -0.485 e. The molecule has 3 aromatic carbocycles. The molecule has 1 saturated heterocycles. The second-order valence-corrected chi connectivity index (χ2v) is 17.5. The maximum Gasteiger partial charge on any atom is 0.411 e. The highest BCUT2D eigenvalue weighted by atomic mass is 32.2. The van der Waals surface area contributed by atoms with E-state index in [0.29, 0.717) is 23.0 Å². The number of aryl methyl sites for hydroxylation is 3. The Hall–Kier alpha value is -5.35. The summed E-state index contributed by atoms with van der Waals surface area (Å²) in [7, 11) is -3.86. The largest absolute Gasteiger partial charge is 0.485 e. The van der Waals surface area contributed by atoms with Gasteiger partial charge in [-0.1, -0.05) is 23.8 Å². The van der Waals surface area contributed by atoms with Crippen LogP contribution >= 0.6 is 0 Å². The van der Waals surface area contributed by atoms with E-state index in [4.69, 9.17) is 19.3 Å². The first kappa shape index (κ1) is 37.4. The molecular weight excluding hydrogens is 695 g/mol. The second kappa shape index (κ2) is 13.6. The van der Waals surface area contributed by atoms with Gasteiger partial charge in [0.25, 0.3) is 10.0 Å². The number of ether oxygens (including phenoxy) is 3. The molecule has 2 aromatic heterocycles. The highest BCUT2D eigenvalue weighted by molar-refractivity contribution is 7.90. The lowest BCUT2D eigenvalue weighted by atomic mass is 10.0. The number of carbonyl (C=O) groups excluding carboxylic acids is 2. The van der Waals surface area contributed by atoms with Gasteiger partial charge in [-0.25, -0.2) is 22.0 Å². The van der Waals surface area contributed by atoms with Crippen LogP contribution in [0.1, 0.15) is 75.8 Å². The summed E-state index contributed by atoms with van der Waals surface area (Å²) in [4.78, 5) is 28.1. The van der Waals surface area contributed by atoms with Crippen molar-refractivity contribution in [2.24, 2.45) is 0 Å². The molecule has 0 aliphatic carbocycles. The molecule has 6 rings (SSSR count). The van der Waals surface area contributed by atoms with Gasteiger partial charge >= 0.3 is 12.1 Å². The van der Waals surface area contributed by atoms with Crippen molar-refractivity contribution in [3.8, 4) is 11.8 Å². The molecule has 1 fully saturated rings. The van der Waals surface area contributed by atoms with Crippen molar-refractivity contribution in [3.05, 3.63) is 88.7 Å². The van der Waals surface area contributed by atoms with Gasteiger partial charge in [0.2, 0.25) is 0 Å². The molecule has 53 heavy (non-hydrogen) atoms. The molecule has 0 radical (unpaired) electrons. The lowest BCUT2D eigenvalue weighted by Gasteiger charge is -2.29. The van der Waals surface area contributed by atoms with E-state index in [1.54, 1.807) is 88.8 Å². The molecule has 1 aliphatic heterocycles. The van der Waals surface area contributed by atoms with Crippen LogP contribution in [0.5, 0.6) is 5.75 Å². The van der Waals surface area contributed by atoms with Crippen LogP contribution in [0, 0.1) is 32.1 Å². The summed E-state index contributed by atoms with van der Waals surface area (Å²) in [6.07, 6.45) is 2.23. The molecule has 3 heterocycles. The zero-order chi connectivity index (χ0) is 38.6. The molecule has 13 heteroatoms. The van der Waals surface area contributed by atoms with Gasteiger partial charge in [-0.05, 0) is 109 Å². The van der Waals surface area contributed by atoms with E-state index in [1.807, 2.05) is 39.1 Å². The summed E-state index contributed by atoms with van der Waals surface area (Å²) in [6, 6.07) is 15.3. The third kappa shape index (κ3) is 7.60. The maximum atomic E-state index is 13.8. The van der Waals surface area contributed by atoms with Crippen molar-refractivity contribution in [1.29, 1.82) is 5.26 Å². The average molecular weight is 740 g/mol. The molecule has 12 nitrogen and oxygen atoms in total. The standard InChI is InChI=1S/C40H45N5O7S/c1-24-10-14-30(15-11-24)53(48,49)45-17-16-31-32(25(2)18-26(3)35(31)45)23-43-21-28-13-12-27(20-41)36(34(28)42-43)50-29-19-33(37(46)51-39(4,5)6)44(22-29)38(47)52-40(7,8)9/h10-18,21,29,33H,19,22-23H2,1-9H3/t29-,33+/m1/s1. The number of esters is 1. The summed E-state index contributed by atoms with van der Waals surface area (Å²) in [5.41, 5.74) is 3.36. The number of carbonyl (C=O) groups is 2. The zero-order valence-corrected chi connectivity index (χ0v) is 32.4. The molecular formula is C40H45N5O7S. The number of benzene rings is 3. The SMILES string of the molecule is Cc1ccc(S(=O)(=O)n2ccc3c(Cn4cc5ccc(C#N)c(O[C@@H]6C[C@@H](C(=O)OC(C)(C)C)N(C(=O)OC(C)(C)C)C6)c5n4)c(C)cc(C)c32)cc1. The Kier molecular flexibility index (Phi) is 9.58. The van der Waals surface area contributed by atoms with E-state index in [9.17, 15) is 23.3 Å². The number of amides is 1. The Bertz CT molecular complexity index is 2350. The van der Waals surface area contributed by atoms with E-state index in [2.05, 4.69) is 6.07 Å². The lowest BCUT2D eigenvalue weighted by molar-refractivity contribution is -0.160. The quantitative estimate of drug-likeness (QED) is 0.159. The molecule has 1 aliphatic rings. The van der Waals surface area contributed by atoms with Crippen LogP contribution in [0.2, 0.25) is 0 Å². The van der Waals surface area contributed by atoms with Gasteiger partial charge in [0.1, 0.15) is 34.9 Å². The number of hydrogen-bond donors (Lipinski definition) is 0. The number of nitrogens with zero attached hydrogens (tertiary/aromatic N) is 5. The molecule has 1 amide bonds. The summed E-state index contributed by atoms with van der Waals surface area (Å²) < 4.78 is 48.4. The van der Waals surface area contributed by atoms with Crippen molar-refractivity contribution in [3.63, 3.8) is 0 Å². The topological polar surface area (TPSA) is 146 Å². The van der Waals surface area contributed by atoms with Crippen LogP contribution < -0.4 is 4.74 Å². The minimum atomic E-state index is -3.86. The van der Waals surface area contributed by atoms with Crippen LogP contribution in [0.4, 0.5) is 4.79 Å². The first-order valence-corrected chi connectivity index (χ1v) is 18.9. The molecule has 0 N–H and O–H groups in total. The van der Waals surface area contributed by atoms with Gasteiger partial charge in [-0.15, -0.1) is 0 Å². The first-order chi connectivity index (χ1) is 24.8. The van der Waals surface area contributed by atoms with Crippen LogP contribution in [-0.4, -0.2) is 69.0 Å². The molecule has 5 aromatic rings. The van der Waals surface area contributed by atoms with Crippen LogP contribution in [0.15, 0.2) is 65.8 Å². The van der Waals surface area contributed by atoms with Gasteiger partial charge in [-0.2, -0.15) is 10.4 Å². The number of rotatable bonds is 7. The van der Waals surface area contributed by atoms with Crippen molar-refractivity contribution >= 4 is 43.9 Å². The van der Waals surface area contributed by atoms with Gasteiger partial charge in [0.15, 0.2) is 5.75 Å². The molecule has 0 saturated carbocycles. The highest BCUT2D eigenvalue weighted by Crippen LogP contribution is 2.35. The van der Waals surface area contributed by atoms with Gasteiger partial charge in [0, 0.05) is 29.6 Å². The number of likely N-dealkylation sites (tertiary alicyclic amines) is 1. The normalized spacial score (nSPS) is 16.6. The second-order valence-electron chi connectivity index (χ2n) is 15.7. The van der Waals surface area contributed by atoms with Gasteiger partial charge in [0.05, 0.1) is 29.1 Å². The van der Waals surface area contributed by atoms with Crippen molar-refractivity contribution in [2.45, 2.75) is 104 Å². The fourth-order valence-electron chi connectivity index (χ4n) is 6.70. The summed E-state index contributed by atoms with van der Waals surface area (Å²) in [6.45, 7) is 16.7. The summed E-state index contributed by atoms with van der Waals surface area (Å²) >= 11 is 0. The number of hydrogen-bond acceptors (Lipinski definition) is 9. The van der Waals surface area contributed by atoms with E-state index < -0.39 is 45.4 Å². The Labute approximate surface area is 309 Å². The Morgan fingerprint density at radius 1 is 0.943 bits per heavy atom.